The van der Waals surface area contributed by atoms with E-state index in [-0.39, 0.29) is 6.04 Å². The molecule has 0 fully saturated rings. The van der Waals surface area contributed by atoms with Crippen molar-refractivity contribution in [2.24, 2.45) is 0 Å². The molecule has 0 spiro atoms. The van der Waals surface area contributed by atoms with Crippen molar-refractivity contribution in [1.29, 1.82) is 0 Å². The minimum Gasteiger partial charge on any atom is -0.497 e. The van der Waals surface area contributed by atoms with E-state index in [0.717, 1.165) is 26.8 Å². The molecule has 2 aromatic carbocycles. The first-order chi connectivity index (χ1) is 10.1. The molecule has 108 valence electrons. The van der Waals surface area contributed by atoms with E-state index < -0.39 is 0 Å². The van der Waals surface area contributed by atoms with Gasteiger partial charge in [0, 0.05) is 10.5 Å². The number of benzene rings is 2. The number of hydrogen-bond acceptors (Lipinski definition) is 3. The molecule has 0 saturated carbocycles. The van der Waals surface area contributed by atoms with Gasteiger partial charge in [0.05, 0.1) is 24.2 Å². The van der Waals surface area contributed by atoms with Crippen LogP contribution >= 0.6 is 15.9 Å². The normalized spacial score (nSPS) is 12.5. The van der Waals surface area contributed by atoms with Crippen LogP contribution < -0.4 is 10.5 Å². The van der Waals surface area contributed by atoms with Crippen LogP contribution in [0.1, 0.15) is 18.5 Å². The molecule has 0 saturated heterocycles. The predicted molar refractivity (Wildman–Crippen MR) is 88.7 cm³/mol. The van der Waals surface area contributed by atoms with Crippen molar-refractivity contribution in [3.63, 3.8) is 0 Å². The second-order valence-corrected chi connectivity index (χ2v) is 5.84. The number of nitrogen functional groups attached to an aromatic ring is 1. The average molecular weight is 346 g/mol. The number of anilines is 1. The van der Waals surface area contributed by atoms with E-state index in [1.165, 1.54) is 0 Å². The predicted octanol–water partition coefficient (Wildman–Crippen LogP) is 4.00. The molecule has 5 heteroatoms. The molecule has 0 aliphatic rings. The summed E-state index contributed by atoms with van der Waals surface area (Å²) in [6.07, 6.45) is 0. The Hall–Kier alpha value is -2.01. The largest absolute Gasteiger partial charge is 0.497 e. The Balaban J connectivity index is 2.16. The van der Waals surface area contributed by atoms with E-state index in [1.807, 2.05) is 34.9 Å². The van der Waals surface area contributed by atoms with E-state index >= 15 is 0 Å². The molecule has 0 aliphatic carbocycles. The highest BCUT2D eigenvalue weighted by atomic mass is 79.9. The van der Waals surface area contributed by atoms with Crippen LogP contribution in [-0.4, -0.2) is 16.7 Å². The Kier molecular flexibility index (Phi) is 3.59. The van der Waals surface area contributed by atoms with E-state index in [0.29, 0.717) is 5.95 Å². The van der Waals surface area contributed by atoms with E-state index in [4.69, 9.17) is 10.5 Å². The molecule has 0 aliphatic heterocycles. The third-order valence-corrected chi connectivity index (χ3v) is 4.14. The quantitative estimate of drug-likeness (QED) is 0.780. The lowest BCUT2D eigenvalue weighted by Gasteiger charge is -2.17. The lowest BCUT2D eigenvalue weighted by molar-refractivity contribution is 0.415. The van der Waals surface area contributed by atoms with Gasteiger partial charge in [0.1, 0.15) is 5.75 Å². The number of nitrogens with two attached hydrogens (primary N) is 1. The summed E-state index contributed by atoms with van der Waals surface area (Å²) < 4.78 is 8.38. The maximum absolute atomic E-state index is 6.12. The molecule has 0 radical (unpaired) electrons. The number of imidazole rings is 1. The summed E-state index contributed by atoms with van der Waals surface area (Å²) in [5, 5.41) is 0. The summed E-state index contributed by atoms with van der Waals surface area (Å²) in [7, 11) is 1.66. The van der Waals surface area contributed by atoms with Crippen LogP contribution in [0.2, 0.25) is 0 Å². The van der Waals surface area contributed by atoms with Crippen molar-refractivity contribution in [2.75, 3.05) is 12.8 Å². The average Bonchev–Trinajstić information content (AvgIpc) is 2.81. The fraction of sp³-hybridized carbons (Fsp3) is 0.188. The summed E-state index contributed by atoms with van der Waals surface area (Å²) in [5.74, 6) is 1.30. The maximum atomic E-state index is 6.12. The Bertz CT molecular complexity index is 797. The highest BCUT2D eigenvalue weighted by Gasteiger charge is 2.16. The van der Waals surface area contributed by atoms with Crippen molar-refractivity contribution in [1.82, 2.24) is 9.55 Å². The van der Waals surface area contributed by atoms with Gasteiger partial charge >= 0.3 is 0 Å². The summed E-state index contributed by atoms with van der Waals surface area (Å²) in [4.78, 5) is 4.43. The van der Waals surface area contributed by atoms with Crippen molar-refractivity contribution in [2.45, 2.75) is 13.0 Å². The number of halogens is 1. The van der Waals surface area contributed by atoms with E-state index in [9.17, 15) is 0 Å². The van der Waals surface area contributed by atoms with Crippen LogP contribution in [0.5, 0.6) is 5.75 Å². The van der Waals surface area contributed by atoms with Gasteiger partial charge in [-0.25, -0.2) is 4.98 Å². The second kappa shape index (κ2) is 5.41. The Morgan fingerprint density at radius 1 is 1.24 bits per heavy atom. The van der Waals surface area contributed by atoms with Crippen molar-refractivity contribution >= 4 is 32.9 Å². The van der Waals surface area contributed by atoms with Crippen molar-refractivity contribution in [3.8, 4) is 5.75 Å². The van der Waals surface area contributed by atoms with Gasteiger partial charge in [0.2, 0.25) is 5.95 Å². The molecule has 21 heavy (non-hydrogen) atoms. The standard InChI is InChI=1S/C16H16BrN3O/c1-10(11-4-3-5-12(17)8-11)20-15-9-13(21-2)6-7-14(15)19-16(20)18/h3-10H,1-2H3,(H2,18,19). The Morgan fingerprint density at radius 3 is 2.76 bits per heavy atom. The molecule has 1 heterocycles. The molecule has 1 atom stereocenters. The molecular formula is C16H16BrN3O. The number of methoxy groups -OCH3 is 1. The first-order valence-corrected chi connectivity index (χ1v) is 7.46. The van der Waals surface area contributed by atoms with Crippen LogP contribution in [0.3, 0.4) is 0 Å². The van der Waals surface area contributed by atoms with Crippen LogP contribution in [0, 0.1) is 0 Å². The van der Waals surface area contributed by atoms with Gasteiger partial charge in [-0.05, 0) is 36.8 Å². The summed E-state index contributed by atoms with van der Waals surface area (Å²) in [6.45, 7) is 2.11. The fourth-order valence-corrected chi connectivity index (χ4v) is 2.96. The lowest BCUT2D eigenvalue weighted by atomic mass is 10.1. The molecule has 3 aromatic rings. The van der Waals surface area contributed by atoms with Gasteiger partial charge in [-0.2, -0.15) is 0 Å². The number of hydrogen-bond donors (Lipinski definition) is 1. The van der Waals surface area contributed by atoms with Gasteiger partial charge in [0.25, 0.3) is 0 Å². The number of aromatic nitrogens is 2. The summed E-state index contributed by atoms with van der Waals surface area (Å²) in [5.41, 5.74) is 9.13. The summed E-state index contributed by atoms with van der Waals surface area (Å²) in [6, 6.07) is 14.1. The van der Waals surface area contributed by atoms with E-state index in [1.54, 1.807) is 7.11 Å². The molecule has 4 nitrogen and oxygen atoms in total. The first-order valence-electron chi connectivity index (χ1n) is 6.67. The zero-order valence-corrected chi connectivity index (χ0v) is 13.5. The highest BCUT2D eigenvalue weighted by Crippen LogP contribution is 2.30. The van der Waals surface area contributed by atoms with Crippen LogP contribution in [0.15, 0.2) is 46.9 Å². The Morgan fingerprint density at radius 2 is 2.05 bits per heavy atom. The minimum atomic E-state index is 0.0830. The molecule has 3 rings (SSSR count). The van der Waals surface area contributed by atoms with Crippen LogP contribution in [0.25, 0.3) is 11.0 Å². The topological polar surface area (TPSA) is 53.1 Å². The molecule has 1 aromatic heterocycles. The monoisotopic (exact) mass is 345 g/mol. The Labute approximate surface area is 131 Å². The van der Waals surface area contributed by atoms with Gasteiger partial charge < -0.3 is 15.0 Å². The van der Waals surface area contributed by atoms with Crippen molar-refractivity contribution < 1.29 is 4.74 Å². The third-order valence-electron chi connectivity index (χ3n) is 3.64. The number of nitrogens with zero attached hydrogens (tertiary/aromatic N) is 2. The van der Waals surface area contributed by atoms with Gasteiger partial charge in [-0.15, -0.1) is 0 Å². The number of rotatable bonds is 3. The van der Waals surface area contributed by atoms with Gasteiger partial charge in [-0.1, -0.05) is 28.1 Å². The number of fused-ring (bicyclic) bond motifs is 1. The first kappa shape index (κ1) is 13.9. The highest BCUT2D eigenvalue weighted by molar-refractivity contribution is 9.10. The van der Waals surface area contributed by atoms with Gasteiger partial charge in [0.15, 0.2) is 0 Å². The summed E-state index contributed by atoms with van der Waals surface area (Å²) >= 11 is 3.51. The van der Waals surface area contributed by atoms with E-state index in [2.05, 4.69) is 40.0 Å². The SMILES string of the molecule is COc1ccc2nc(N)n(C(C)c3cccc(Br)c3)c2c1. The minimum absolute atomic E-state index is 0.0830. The second-order valence-electron chi connectivity index (χ2n) is 4.93. The van der Waals surface area contributed by atoms with Gasteiger partial charge in [-0.3, -0.25) is 0 Å². The zero-order chi connectivity index (χ0) is 15.0. The van der Waals surface area contributed by atoms with Crippen LogP contribution in [-0.2, 0) is 0 Å². The lowest BCUT2D eigenvalue weighted by Crippen LogP contribution is -2.10. The van der Waals surface area contributed by atoms with Crippen LogP contribution in [0.4, 0.5) is 5.95 Å². The third kappa shape index (κ3) is 2.49. The van der Waals surface area contributed by atoms with Crippen molar-refractivity contribution in [3.05, 3.63) is 52.5 Å². The number of ether oxygens (including phenoxy) is 1. The molecule has 2 N–H and O–H groups in total. The molecule has 1 unspecified atom stereocenters. The molecule has 0 bridgehead atoms. The molecule has 0 amide bonds. The maximum Gasteiger partial charge on any atom is 0.201 e. The fourth-order valence-electron chi connectivity index (χ4n) is 2.54. The molecular weight excluding hydrogens is 330 g/mol. The zero-order valence-electron chi connectivity index (χ0n) is 11.9. The smallest absolute Gasteiger partial charge is 0.201 e.